The topological polar surface area (TPSA) is 88.1 Å². The summed E-state index contributed by atoms with van der Waals surface area (Å²) in [7, 11) is 0. The zero-order valence-electron chi connectivity index (χ0n) is 11.8. The van der Waals surface area contributed by atoms with Gasteiger partial charge in [0.05, 0.1) is 11.6 Å². The van der Waals surface area contributed by atoms with Crippen LogP contribution in [0.3, 0.4) is 0 Å². The minimum absolute atomic E-state index is 0.563. The van der Waals surface area contributed by atoms with E-state index in [9.17, 15) is 4.79 Å². The van der Waals surface area contributed by atoms with Gasteiger partial charge in [0.2, 0.25) is 0 Å². The van der Waals surface area contributed by atoms with Crippen molar-refractivity contribution in [2.45, 2.75) is 13.8 Å². The van der Waals surface area contributed by atoms with Crippen LogP contribution in [0.25, 0.3) is 0 Å². The summed E-state index contributed by atoms with van der Waals surface area (Å²) in [5.74, 6) is 1.25. The molecule has 106 valence electrons. The van der Waals surface area contributed by atoms with Crippen LogP contribution >= 0.6 is 0 Å². The maximum Gasteiger partial charge on any atom is 0.316 e. The van der Waals surface area contributed by atoms with Gasteiger partial charge in [-0.15, -0.1) is 0 Å². The number of primary amides is 1. The summed E-state index contributed by atoms with van der Waals surface area (Å²) in [5.41, 5.74) is 8.04. The Balaban J connectivity index is 2.28. The number of hydrogen-bond donors (Lipinski definition) is 2. The number of hydrogen-bond acceptors (Lipinski definition) is 3. The van der Waals surface area contributed by atoms with Gasteiger partial charge in [0.15, 0.2) is 0 Å². The zero-order chi connectivity index (χ0) is 15.4. The standard InChI is InChI=1S/C16H15N3O2/c1-10-3-5-13(19-16(18)20)8-15(10)21-14-6-4-12(9-17)11(2)7-14/h3-8H,1-2H3,(H3,18,19,20). The van der Waals surface area contributed by atoms with Crippen LogP contribution < -0.4 is 15.8 Å². The molecule has 2 aromatic rings. The van der Waals surface area contributed by atoms with Crippen molar-refractivity contribution < 1.29 is 9.53 Å². The maximum absolute atomic E-state index is 10.9. The van der Waals surface area contributed by atoms with Gasteiger partial charge in [-0.3, -0.25) is 0 Å². The first-order valence-electron chi connectivity index (χ1n) is 6.35. The molecule has 5 heteroatoms. The summed E-state index contributed by atoms with van der Waals surface area (Å²) >= 11 is 0. The van der Waals surface area contributed by atoms with Gasteiger partial charge >= 0.3 is 6.03 Å². The minimum Gasteiger partial charge on any atom is -0.457 e. The van der Waals surface area contributed by atoms with E-state index in [2.05, 4.69) is 11.4 Å². The van der Waals surface area contributed by atoms with Crippen molar-refractivity contribution in [3.63, 3.8) is 0 Å². The molecule has 0 atom stereocenters. The molecular formula is C16H15N3O2. The molecule has 2 amide bonds. The number of nitrogens with zero attached hydrogens (tertiary/aromatic N) is 1. The predicted molar refractivity (Wildman–Crippen MR) is 80.4 cm³/mol. The molecule has 5 nitrogen and oxygen atoms in total. The molecule has 0 aliphatic rings. The third kappa shape index (κ3) is 3.51. The largest absolute Gasteiger partial charge is 0.457 e. The van der Waals surface area contributed by atoms with Gasteiger partial charge in [0.25, 0.3) is 0 Å². The smallest absolute Gasteiger partial charge is 0.316 e. The monoisotopic (exact) mass is 281 g/mol. The summed E-state index contributed by atoms with van der Waals surface area (Å²) in [6.07, 6.45) is 0. The lowest BCUT2D eigenvalue weighted by Gasteiger charge is -2.11. The van der Waals surface area contributed by atoms with Crippen LogP contribution in [-0.4, -0.2) is 6.03 Å². The molecule has 2 rings (SSSR count). The van der Waals surface area contributed by atoms with Crippen LogP contribution in [0.4, 0.5) is 10.5 Å². The third-order valence-electron chi connectivity index (χ3n) is 3.00. The first kappa shape index (κ1) is 14.4. The molecule has 0 saturated heterocycles. The lowest BCUT2D eigenvalue weighted by molar-refractivity contribution is 0.259. The Morgan fingerprint density at radius 3 is 2.57 bits per heavy atom. The predicted octanol–water partition coefficient (Wildman–Crippen LogP) is 3.46. The fraction of sp³-hybridized carbons (Fsp3) is 0.125. The number of ether oxygens (including phenoxy) is 1. The van der Waals surface area contributed by atoms with Crippen molar-refractivity contribution in [1.82, 2.24) is 0 Å². The van der Waals surface area contributed by atoms with E-state index in [0.29, 0.717) is 22.7 Å². The summed E-state index contributed by atoms with van der Waals surface area (Å²) in [4.78, 5) is 10.9. The van der Waals surface area contributed by atoms with Crippen LogP contribution in [0, 0.1) is 25.2 Å². The molecule has 3 N–H and O–H groups in total. The van der Waals surface area contributed by atoms with Crippen LogP contribution in [0.15, 0.2) is 36.4 Å². The maximum atomic E-state index is 10.9. The highest BCUT2D eigenvalue weighted by molar-refractivity contribution is 5.88. The summed E-state index contributed by atoms with van der Waals surface area (Å²) in [6, 6.07) is 12.0. The SMILES string of the molecule is Cc1cc(Oc2cc(NC(N)=O)ccc2C)ccc1C#N. The third-order valence-corrected chi connectivity index (χ3v) is 3.00. The van der Waals surface area contributed by atoms with Crippen molar-refractivity contribution in [3.8, 4) is 17.6 Å². The van der Waals surface area contributed by atoms with Crippen molar-refractivity contribution in [1.29, 1.82) is 5.26 Å². The Bertz CT molecular complexity index is 733. The number of urea groups is 1. The first-order valence-corrected chi connectivity index (χ1v) is 6.35. The molecule has 0 bridgehead atoms. The highest BCUT2D eigenvalue weighted by Crippen LogP contribution is 2.29. The Hall–Kier alpha value is -3.00. The van der Waals surface area contributed by atoms with Gasteiger partial charge in [-0.2, -0.15) is 5.26 Å². The number of aryl methyl sites for hydroxylation is 2. The van der Waals surface area contributed by atoms with Crippen LogP contribution in [0.2, 0.25) is 0 Å². The van der Waals surface area contributed by atoms with Gasteiger partial charge in [-0.25, -0.2) is 4.79 Å². The molecular weight excluding hydrogens is 266 g/mol. The highest BCUT2D eigenvalue weighted by atomic mass is 16.5. The Morgan fingerprint density at radius 1 is 1.19 bits per heavy atom. The van der Waals surface area contributed by atoms with Crippen LogP contribution in [0.1, 0.15) is 16.7 Å². The molecule has 0 aliphatic heterocycles. The second kappa shape index (κ2) is 5.97. The average Bonchev–Trinajstić information content (AvgIpc) is 2.42. The number of nitriles is 1. The molecule has 0 saturated carbocycles. The quantitative estimate of drug-likeness (QED) is 0.903. The molecule has 0 aromatic heterocycles. The number of anilines is 1. The molecule has 0 unspecified atom stereocenters. The number of nitrogens with two attached hydrogens (primary N) is 1. The van der Waals surface area contributed by atoms with E-state index in [-0.39, 0.29) is 0 Å². The van der Waals surface area contributed by atoms with Crippen molar-refractivity contribution >= 4 is 11.7 Å². The fourth-order valence-corrected chi connectivity index (χ4v) is 1.88. The van der Waals surface area contributed by atoms with E-state index in [1.807, 2.05) is 19.9 Å². The van der Waals surface area contributed by atoms with Gasteiger partial charge in [-0.05, 0) is 49.2 Å². The lowest BCUT2D eigenvalue weighted by atomic mass is 10.1. The molecule has 0 aliphatic carbocycles. The number of carbonyl (C=O) groups excluding carboxylic acids is 1. The highest BCUT2D eigenvalue weighted by Gasteiger charge is 2.06. The summed E-state index contributed by atoms with van der Waals surface area (Å²) in [6.45, 7) is 3.75. The second-order valence-corrected chi connectivity index (χ2v) is 4.66. The Labute approximate surface area is 123 Å². The summed E-state index contributed by atoms with van der Waals surface area (Å²) in [5, 5.41) is 11.4. The Morgan fingerprint density at radius 2 is 1.95 bits per heavy atom. The van der Waals surface area contributed by atoms with Gasteiger partial charge < -0.3 is 15.8 Å². The van der Waals surface area contributed by atoms with E-state index in [1.54, 1.807) is 30.3 Å². The number of nitrogens with one attached hydrogen (secondary N) is 1. The van der Waals surface area contributed by atoms with E-state index in [0.717, 1.165) is 11.1 Å². The van der Waals surface area contributed by atoms with Crippen molar-refractivity contribution in [2.75, 3.05) is 5.32 Å². The van der Waals surface area contributed by atoms with Crippen LogP contribution in [-0.2, 0) is 0 Å². The number of carbonyl (C=O) groups is 1. The van der Waals surface area contributed by atoms with E-state index >= 15 is 0 Å². The average molecular weight is 281 g/mol. The minimum atomic E-state index is -0.626. The molecule has 0 fully saturated rings. The number of amides is 2. The van der Waals surface area contributed by atoms with Gasteiger partial charge in [0.1, 0.15) is 11.5 Å². The lowest BCUT2D eigenvalue weighted by Crippen LogP contribution is -2.19. The van der Waals surface area contributed by atoms with E-state index in [1.165, 1.54) is 0 Å². The van der Waals surface area contributed by atoms with E-state index < -0.39 is 6.03 Å². The molecule has 2 aromatic carbocycles. The van der Waals surface area contributed by atoms with Crippen molar-refractivity contribution in [3.05, 3.63) is 53.1 Å². The number of benzene rings is 2. The first-order chi connectivity index (χ1) is 9.99. The normalized spacial score (nSPS) is 9.76. The van der Waals surface area contributed by atoms with E-state index in [4.69, 9.17) is 15.7 Å². The molecule has 0 spiro atoms. The fourth-order valence-electron chi connectivity index (χ4n) is 1.88. The molecule has 0 radical (unpaired) electrons. The number of rotatable bonds is 3. The van der Waals surface area contributed by atoms with Gasteiger partial charge in [-0.1, -0.05) is 6.07 Å². The molecule has 21 heavy (non-hydrogen) atoms. The Kier molecular flexibility index (Phi) is 4.10. The summed E-state index contributed by atoms with van der Waals surface area (Å²) < 4.78 is 5.81. The van der Waals surface area contributed by atoms with Gasteiger partial charge in [0, 0.05) is 11.8 Å². The van der Waals surface area contributed by atoms with Crippen molar-refractivity contribution in [2.24, 2.45) is 5.73 Å². The van der Waals surface area contributed by atoms with Crippen LogP contribution in [0.5, 0.6) is 11.5 Å². The molecule has 0 heterocycles. The second-order valence-electron chi connectivity index (χ2n) is 4.66. The zero-order valence-corrected chi connectivity index (χ0v) is 11.8.